The van der Waals surface area contributed by atoms with Crippen LogP contribution in [0.2, 0.25) is 0 Å². The molecule has 0 rings (SSSR count). The van der Waals surface area contributed by atoms with Gasteiger partial charge in [-0.05, 0) is 89.9 Å². The number of quaternary nitrogens is 1. The molecule has 0 fully saturated rings. The lowest BCUT2D eigenvalue weighted by atomic mass is 10.1. The Hall–Kier alpha value is -2.58. The van der Waals surface area contributed by atoms with Crippen LogP contribution in [0.3, 0.4) is 0 Å². The number of unbranched alkanes of at least 4 members (excludes halogenated alkanes) is 16. The quantitative estimate of drug-likeness (QED) is 0.0273. The number of nitrogens with one attached hydrogen (secondary N) is 1. The number of phosphoric acid groups is 1. The Morgan fingerprint density at radius 1 is 0.581 bits per heavy atom. The van der Waals surface area contributed by atoms with E-state index in [1.807, 2.05) is 27.2 Å². The van der Waals surface area contributed by atoms with E-state index in [0.29, 0.717) is 17.4 Å². The fraction of sp³-hybridized carbons (Fsp3) is 0.679. The lowest BCUT2D eigenvalue weighted by molar-refractivity contribution is -0.870. The number of nitrogens with zero attached hydrogens (tertiary/aromatic N) is 1. The summed E-state index contributed by atoms with van der Waals surface area (Å²) in [6.45, 7) is 4.47. The maximum atomic E-state index is 12.9. The van der Waals surface area contributed by atoms with Gasteiger partial charge in [-0.1, -0.05) is 182 Å². The molecule has 0 aliphatic carbocycles. The monoisotopic (exact) mass is 885 g/mol. The summed E-state index contributed by atoms with van der Waals surface area (Å²) in [6, 6.07) is -0.927. The van der Waals surface area contributed by atoms with Crippen molar-refractivity contribution in [3.8, 4) is 0 Å². The van der Waals surface area contributed by atoms with Crippen molar-refractivity contribution in [1.82, 2.24) is 5.32 Å². The van der Waals surface area contributed by atoms with E-state index in [4.69, 9.17) is 9.05 Å². The molecule has 0 aliphatic rings. The highest BCUT2D eigenvalue weighted by Crippen LogP contribution is 2.38. The molecule has 0 aromatic carbocycles. The van der Waals surface area contributed by atoms with E-state index < -0.39 is 26.6 Å². The Morgan fingerprint density at radius 3 is 1.50 bits per heavy atom. The van der Waals surface area contributed by atoms with Crippen LogP contribution in [0.25, 0.3) is 0 Å². The Balaban J connectivity index is 4.50. The SMILES string of the molecule is CC/C=C\C/C=C\C/C=C\C/C=C\C/C=C\CCCCCCCC(=O)NC(COP(=O)([O-])OCC[N+](C)(C)C)C(O)/C=C/CC/C=C/CC/C=C/CCCCCCCCCCC. The Labute approximate surface area is 381 Å². The van der Waals surface area contributed by atoms with Crippen molar-refractivity contribution < 1.29 is 32.9 Å². The molecule has 0 saturated carbocycles. The van der Waals surface area contributed by atoms with Crippen molar-refractivity contribution in [2.24, 2.45) is 0 Å². The van der Waals surface area contributed by atoms with Crippen molar-refractivity contribution in [2.75, 3.05) is 40.9 Å². The van der Waals surface area contributed by atoms with Gasteiger partial charge in [-0.15, -0.1) is 0 Å². The second kappa shape index (κ2) is 43.7. The summed E-state index contributed by atoms with van der Waals surface area (Å²) in [6.07, 6.45) is 61.7. The summed E-state index contributed by atoms with van der Waals surface area (Å²) in [5.74, 6) is -0.235. The van der Waals surface area contributed by atoms with Crippen molar-refractivity contribution in [2.45, 2.75) is 193 Å². The van der Waals surface area contributed by atoms with Crippen LogP contribution in [0.1, 0.15) is 181 Å². The molecule has 0 aromatic heterocycles. The molecule has 3 atom stereocenters. The largest absolute Gasteiger partial charge is 0.756 e. The average molecular weight is 885 g/mol. The first-order valence-electron chi connectivity index (χ1n) is 24.6. The minimum Gasteiger partial charge on any atom is -0.756 e. The molecule has 0 heterocycles. The van der Waals surface area contributed by atoms with Crippen molar-refractivity contribution in [3.05, 3.63) is 97.2 Å². The van der Waals surface area contributed by atoms with Gasteiger partial charge >= 0.3 is 0 Å². The normalized spacial score (nSPS) is 15.0. The Bertz CT molecular complexity index is 1330. The van der Waals surface area contributed by atoms with Gasteiger partial charge in [-0.2, -0.15) is 0 Å². The topological polar surface area (TPSA) is 108 Å². The minimum absolute atomic E-state index is 0.0186. The van der Waals surface area contributed by atoms with Gasteiger partial charge in [0.2, 0.25) is 5.91 Å². The first-order chi connectivity index (χ1) is 30.0. The standard InChI is InChI=1S/C53H93N2O6P/c1-6-8-10-12-14-16-18-20-22-24-26-27-29-31-33-35-37-39-41-43-45-47-53(57)54-51(50-61-62(58,59)60-49-48-55(3,4)5)52(56)46-44-42-40-38-36-34-32-30-28-25-23-21-19-17-15-13-11-9-7-2/h8,10,14,16,20,22,26-28,30-31,33,36,38,44,46,51-52,56H,6-7,9,11-13,15,17-19,21,23-25,29,32,34-35,37,39-43,45,47-50H2,1-5H3,(H-,54,57,58,59)/b10-8-,16-14-,22-20-,27-26-,30-28+,33-31-,38-36+,46-44+. The fourth-order valence-electron chi connectivity index (χ4n) is 6.39. The van der Waals surface area contributed by atoms with Crippen LogP contribution in [0, 0.1) is 0 Å². The van der Waals surface area contributed by atoms with Gasteiger partial charge in [0.05, 0.1) is 39.9 Å². The highest BCUT2D eigenvalue weighted by molar-refractivity contribution is 7.45. The molecule has 356 valence electrons. The van der Waals surface area contributed by atoms with Gasteiger partial charge < -0.3 is 28.8 Å². The molecule has 9 heteroatoms. The van der Waals surface area contributed by atoms with Crippen LogP contribution in [-0.2, 0) is 18.4 Å². The van der Waals surface area contributed by atoms with Gasteiger partial charge in [-0.25, -0.2) is 0 Å². The third kappa shape index (κ3) is 45.4. The molecule has 0 radical (unpaired) electrons. The van der Waals surface area contributed by atoms with Gasteiger partial charge in [0.1, 0.15) is 13.2 Å². The van der Waals surface area contributed by atoms with E-state index in [1.165, 1.54) is 64.2 Å². The predicted molar refractivity (Wildman–Crippen MR) is 265 cm³/mol. The van der Waals surface area contributed by atoms with E-state index in [9.17, 15) is 19.4 Å². The fourth-order valence-corrected chi connectivity index (χ4v) is 7.11. The lowest BCUT2D eigenvalue weighted by Gasteiger charge is -2.29. The van der Waals surface area contributed by atoms with E-state index in [-0.39, 0.29) is 12.5 Å². The van der Waals surface area contributed by atoms with Gasteiger partial charge in [0, 0.05) is 6.42 Å². The van der Waals surface area contributed by atoms with Crippen molar-refractivity contribution in [1.29, 1.82) is 0 Å². The van der Waals surface area contributed by atoms with Gasteiger partial charge in [0.15, 0.2) is 0 Å². The lowest BCUT2D eigenvalue weighted by Crippen LogP contribution is -2.45. The van der Waals surface area contributed by atoms with Crippen LogP contribution in [0.4, 0.5) is 0 Å². The Morgan fingerprint density at radius 2 is 1.00 bits per heavy atom. The number of carbonyl (C=O) groups excluding carboxylic acids is 1. The zero-order valence-electron chi connectivity index (χ0n) is 40.3. The first-order valence-corrected chi connectivity index (χ1v) is 26.1. The molecule has 0 saturated heterocycles. The smallest absolute Gasteiger partial charge is 0.268 e. The average Bonchev–Trinajstić information content (AvgIpc) is 3.23. The maximum Gasteiger partial charge on any atom is 0.268 e. The number of carbonyl (C=O) groups is 1. The summed E-state index contributed by atoms with van der Waals surface area (Å²) < 4.78 is 23.2. The number of aliphatic hydroxyl groups excluding tert-OH is 1. The highest BCUT2D eigenvalue weighted by atomic mass is 31.2. The van der Waals surface area contributed by atoms with Crippen LogP contribution in [-0.4, -0.2) is 68.5 Å². The number of likely N-dealkylation sites (N-methyl/N-ethyl adjacent to an activating group) is 1. The summed E-state index contributed by atoms with van der Waals surface area (Å²) >= 11 is 0. The molecule has 0 spiro atoms. The summed E-state index contributed by atoms with van der Waals surface area (Å²) in [4.78, 5) is 25.4. The number of hydrogen-bond acceptors (Lipinski definition) is 6. The number of rotatable bonds is 43. The number of aliphatic hydroxyl groups is 1. The minimum atomic E-state index is -4.62. The molecule has 0 bridgehead atoms. The summed E-state index contributed by atoms with van der Waals surface area (Å²) in [7, 11) is 1.20. The molecule has 0 aliphatic heterocycles. The van der Waals surface area contributed by atoms with Gasteiger partial charge in [-0.3, -0.25) is 9.36 Å². The van der Waals surface area contributed by atoms with Crippen molar-refractivity contribution >= 4 is 13.7 Å². The molecule has 2 N–H and O–H groups in total. The van der Waals surface area contributed by atoms with Crippen molar-refractivity contribution in [3.63, 3.8) is 0 Å². The number of allylic oxidation sites excluding steroid dienone is 15. The second-order valence-electron chi connectivity index (χ2n) is 17.4. The second-order valence-corrected chi connectivity index (χ2v) is 18.8. The highest BCUT2D eigenvalue weighted by Gasteiger charge is 2.23. The van der Waals surface area contributed by atoms with E-state index >= 15 is 0 Å². The summed E-state index contributed by atoms with van der Waals surface area (Å²) in [5, 5.41) is 13.8. The van der Waals surface area contributed by atoms with E-state index in [2.05, 4.69) is 104 Å². The van der Waals surface area contributed by atoms with E-state index in [1.54, 1.807) is 6.08 Å². The molecular weight excluding hydrogens is 792 g/mol. The molecule has 1 amide bonds. The first kappa shape index (κ1) is 59.4. The molecule has 3 unspecified atom stereocenters. The molecule has 8 nitrogen and oxygen atoms in total. The van der Waals surface area contributed by atoms with Crippen LogP contribution >= 0.6 is 7.82 Å². The number of phosphoric ester groups is 1. The Kier molecular flexibility index (Phi) is 41.8. The molecule has 62 heavy (non-hydrogen) atoms. The third-order valence-corrected chi connectivity index (χ3v) is 11.2. The van der Waals surface area contributed by atoms with Crippen LogP contribution in [0.15, 0.2) is 97.2 Å². The third-order valence-electron chi connectivity index (χ3n) is 10.3. The maximum absolute atomic E-state index is 12.9. The van der Waals surface area contributed by atoms with Gasteiger partial charge in [0.25, 0.3) is 7.82 Å². The molecular formula is C53H93N2O6P. The molecule has 0 aromatic rings. The zero-order chi connectivity index (χ0) is 45.7. The van der Waals surface area contributed by atoms with Crippen LogP contribution in [0.5, 0.6) is 0 Å². The number of amides is 1. The predicted octanol–water partition coefficient (Wildman–Crippen LogP) is 13.7. The summed E-state index contributed by atoms with van der Waals surface area (Å²) in [5.41, 5.74) is 0. The van der Waals surface area contributed by atoms with E-state index in [0.717, 1.165) is 96.3 Å². The van der Waals surface area contributed by atoms with Crippen LogP contribution < -0.4 is 10.2 Å². The zero-order valence-corrected chi connectivity index (χ0v) is 41.2. The number of hydrogen-bond donors (Lipinski definition) is 2.